The number of rotatable bonds is 3. The van der Waals surface area contributed by atoms with Crippen molar-refractivity contribution < 1.29 is 9.59 Å². The molecule has 2 amide bonds. The van der Waals surface area contributed by atoms with E-state index < -0.39 is 5.92 Å². The summed E-state index contributed by atoms with van der Waals surface area (Å²) in [4.78, 5) is 31.1. The molecule has 0 saturated carbocycles. The number of nitrogens with one attached hydrogen (secondary N) is 3. The summed E-state index contributed by atoms with van der Waals surface area (Å²) >= 11 is 0. The van der Waals surface area contributed by atoms with E-state index in [-0.39, 0.29) is 11.8 Å². The van der Waals surface area contributed by atoms with Crippen molar-refractivity contribution in [1.82, 2.24) is 25.5 Å². The third-order valence-electron chi connectivity index (χ3n) is 2.98. The summed E-state index contributed by atoms with van der Waals surface area (Å²) in [5, 5.41) is 11.9. The van der Waals surface area contributed by atoms with Gasteiger partial charge in [0, 0.05) is 12.6 Å². The molecule has 0 aliphatic carbocycles. The predicted octanol–water partition coefficient (Wildman–Crippen LogP) is 0.463. The van der Waals surface area contributed by atoms with E-state index in [9.17, 15) is 9.59 Å². The number of imide groups is 1. The van der Waals surface area contributed by atoms with Crippen LogP contribution in [0.25, 0.3) is 0 Å². The van der Waals surface area contributed by atoms with Gasteiger partial charge < -0.3 is 5.32 Å². The molecule has 102 valence electrons. The van der Waals surface area contributed by atoms with Crippen LogP contribution in [-0.2, 0) is 9.59 Å². The zero-order valence-electron chi connectivity index (χ0n) is 10.5. The number of aromatic amines is 1. The standard InChI is InChI=1S/C12H12N6O2/c19-9-5-4-7(11(20)15-9)10-16-12(18-17-10)14-8-3-1-2-6-13-8/h1-3,6-7H,4-5H2,(H,15,19,20)(H2,13,14,16,17,18). The van der Waals surface area contributed by atoms with Gasteiger partial charge in [0.1, 0.15) is 11.6 Å². The Morgan fingerprint density at radius 2 is 2.20 bits per heavy atom. The SMILES string of the molecule is O=C1CCC(c2nc(Nc3ccccn3)n[nH]2)C(=O)N1. The molecule has 1 aliphatic heterocycles. The summed E-state index contributed by atoms with van der Waals surface area (Å²) in [6, 6.07) is 5.42. The molecule has 3 rings (SSSR count). The fourth-order valence-corrected chi connectivity index (χ4v) is 1.99. The van der Waals surface area contributed by atoms with Crippen molar-refractivity contribution in [3.05, 3.63) is 30.2 Å². The Kier molecular flexibility index (Phi) is 3.12. The van der Waals surface area contributed by atoms with E-state index in [1.807, 2.05) is 6.07 Å². The van der Waals surface area contributed by atoms with Gasteiger partial charge in [-0.1, -0.05) is 6.07 Å². The van der Waals surface area contributed by atoms with Gasteiger partial charge in [0.05, 0.1) is 5.92 Å². The first-order chi connectivity index (χ1) is 9.72. The van der Waals surface area contributed by atoms with Gasteiger partial charge in [-0.3, -0.25) is 20.0 Å². The molecule has 1 unspecified atom stereocenters. The van der Waals surface area contributed by atoms with Crippen LogP contribution < -0.4 is 10.6 Å². The van der Waals surface area contributed by atoms with Gasteiger partial charge in [-0.15, -0.1) is 5.10 Å². The number of amides is 2. The van der Waals surface area contributed by atoms with Gasteiger partial charge in [0.15, 0.2) is 0 Å². The van der Waals surface area contributed by atoms with Gasteiger partial charge in [0.25, 0.3) is 0 Å². The third kappa shape index (κ3) is 2.48. The summed E-state index contributed by atoms with van der Waals surface area (Å²) in [5.74, 6) is 0.317. The van der Waals surface area contributed by atoms with Gasteiger partial charge >= 0.3 is 0 Å². The van der Waals surface area contributed by atoms with Gasteiger partial charge in [-0.2, -0.15) is 4.98 Å². The first kappa shape index (κ1) is 12.3. The first-order valence-electron chi connectivity index (χ1n) is 6.16. The highest BCUT2D eigenvalue weighted by atomic mass is 16.2. The molecule has 0 aromatic carbocycles. The van der Waals surface area contributed by atoms with Crippen LogP contribution in [0.15, 0.2) is 24.4 Å². The first-order valence-corrected chi connectivity index (χ1v) is 6.16. The Bertz CT molecular complexity index is 638. The van der Waals surface area contributed by atoms with E-state index in [0.29, 0.717) is 30.4 Å². The van der Waals surface area contributed by atoms with Crippen LogP contribution in [0.5, 0.6) is 0 Å². The van der Waals surface area contributed by atoms with Crippen LogP contribution in [0.4, 0.5) is 11.8 Å². The van der Waals surface area contributed by atoms with Gasteiger partial charge in [-0.05, 0) is 18.6 Å². The molecule has 2 aromatic rings. The highest BCUT2D eigenvalue weighted by molar-refractivity contribution is 6.00. The minimum Gasteiger partial charge on any atom is -0.307 e. The Morgan fingerprint density at radius 1 is 1.30 bits per heavy atom. The average Bonchev–Trinajstić information content (AvgIpc) is 2.88. The quantitative estimate of drug-likeness (QED) is 0.700. The zero-order valence-corrected chi connectivity index (χ0v) is 10.5. The second-order valence-electron chi connectivity index (χ2n) is 4.39. The van der Waals surface area contributed by atoms with E-state index >= 15 is 0 Å². The summed E-state index contributed by atoms with van der Waals surface area (Å²) in [5.41, 5.74) is 0. The van der Waals surface area contributed by atoms with Crippen LogP contribution in [0, 0.1) is 0 Å². The third-order valence-corrected chi connectivity index (χ3v) is 2.98. The van der Waals surface area contributed by atoms with Crippen LogP contribution >= 0.6 is 0 Å². The maximum Gasteiger partial charge on any atom is 0.247 e. The maximum absolute atomic E-state index is 11.7. The molecule has 0 spiro atoms. The Morgan fingerprint density at radius 3 is 2.95 bits per heavy atom. The summed E-state index contributed by atoms with van der Waals surface area (Å²) in [7, 11) is 0. The smallest absolute Gasteiger partial charge is 0.247 e. The number of anilines is 2. The van der Waals surface area contributed by atoms with E-state index in [2.05, 4.69) is 30.8 Å². The lowest BCUT2D eigenvalue weighted by Crippen LogP contribution is -2.39. The second-order valence-corrected chi connectivity index (χ2v) is 4.39. The molecule has 1 atom stereocenters. The minimum absolute atomic E-state index is 0.252. The van der Waals surface area contributed by atoms with Crippen LogP contribution in [0.2, 0.25) is 0 Å². The van der Waals surface area contributed by atoms with Crippen LogP contribution in [-0.4, -0.2) is 32.0 Å². The number of piperidine rings is 1. The number of aromatic nitrogens is 4. The number of hydrogen-bond acceptors (Lipinski definition) is 6. The number of H-pyrrole nitrogens is 1. The molecular weight excluding hydrogens is 260 g/mol. The van der Waals surface area contributed by atoms with Crippen molar-refractivity contribution in [1.29, 1.82) is 0 Å². The largest absolute Gasteiger partial charge is 0.307 e. The fourth-order valence-electron chi connectivity index (χ4n) is 1.99. The second kappa shape index (κ2) is 5.08. The Labute approximate surface area is 114 Å². The molecule has 0 bridgehead atoms. The highest BCUT2D eigenvalue weighted by Crippen LogP contribution is 2.22. The molecule has 1 aliphatic rings. The lowest BCUT2D eigenvalue weighted by atomic mass is 9.98. The Hall–Kier alpha value is -2.77. The lowest BCUT2D eigenvalue weighted by Gasteiger charge is -2.18. The molecule has 8 heteroatoms. The summed E-state index contributed by atoms with van der Waals surface area (Å²) in [6.45, 7) is 0. The molecule has 0 radical (unpaired) electrons. The molecular formula is C12H12N6O2. The van der Waals surface area contributed by atoms with Crippen molar-refractivity contribution in [3.8, 4) is 0 Å². The topological polar surface area (TPSA) is 113 Å². The predicted molar refractivity (Wildman–Crippen MR) is 69.0 cm³/mol. The van der Waals surface area contributed by atoms with Crippen LogP contribution in [0.3, 0.4) is 0 Å². The molecule has 3 heterocycles. The molecule has 20 heavy (non-hydrogen) atoms. The zero-order chi connectivity index (χ0) is 13.9. The molecule has 8 nitrogen and oxygen atoms in total. The molecule has 2 aromatic heterocycles. The van der Waals surface area contributed by atoms with Gasteiger partial charge in [-0.25, -0.2) is 4.98 Å². The monoisotopic (exact) mass is 272 g/mol. The van der Waals surface area contributed by atoms with Crippen LogP contribution in [0.1, 0.15) is 24.6 Å². The molecule has 1 fully saturated rings. The molecule has 1 saturated heterocycles. The molecule has 3 N–H and O–H groups in total. The maximum atomic E-state index is 11.7. The van der Waals surface area contributed by atoms with Crippen molar-refractivity contribution in [2.75, 3.05) is 5.32 Å². The number of pyridine rings is 1. The lowest BCUT2D eigenvalue weighted by molar-refractivity contribution is -0.134. The van der Waals surface area contributed by atoms with Crippen molar-refractivity contribution in [3.63, 3.8) is 0 Å². The van der Waals surface area contributed by atoms with Gasteiger partial charge in [0.2, 0.25) is 17.8 Å². The Balaban J connectivity index is 1.74. The average molecular weight is 272 g/mol. The summed E-state index contributed by atoms with van der Waals surface area (Å²) < 4.78 is 0. The number of hydrogen-bond donors (Lipinski definition) is 3. The van der Waals surface area contributed by atoms with Crippen molar-refractivity contribution in [2.45, 2.75) is 18.8 Å². The minimum atomic E-state index is -0.473. The van der Waals surface area contributed by atoms with E-state index in [1.165, 1.54) is 0 Å². The van der Waals surface area contributed by atoms with E-state index in [4.69, 9.17) is 0 Å². The number of nitrogens with zero attached hydrogens (tertiary/aromatic N) is 3. The van der Waals surface area contributed by atoms with Crippen molar-refractivity contribution >= 4 is 23.6 Å². The van der Waals surface area contributed by atoms with E-state index in [1.54, 1.807) is 18.3 Å². The number of carbonyl (C=O) groups is 2. The highest BCUT2D eigenvalue weighted by Gasteiger charge is 2.30. The number of carbonyl (C=O) groups excluding carboxylic acids is 2. The fraction of sp³-hybridized carbons (Fsp3) is 0.250. The normalized spacial score (nSPS) is 18.7. The van der Waals surface area contributed by atoms with Crippen molar-refractivity contribution in [2.24, 2.45) is 0 Å². The summed E-state index contributed by atoms with van der Waals surface area (Å²) in [6.07, 6.45) is 2.39. The van der Waals surface area contributed by atoms with E-state index in [0.717, 1.165) is 0 Å².